The van der Waals surface area contributed by atoms with Crippen LogP contribution in [0.2, 0.25) is 0 Å². The number of nitrogens with one attached hydrogen (secondary N) is 1. The van der Waals surface area contributed by atoms with Crippen molar-refractivity contribution in [2.24, 2.45) is 0 Å². The number of nitrogens with zero attached hydrogens (tertiary/aromatic N) is 2. The zero-order valence-electron chi connectivity index (χ0n) is 9.04. The molecule has 0 amide bonds. The third kappa shape index (κ3) is 4.17. The molecule has 0 radical (unpaired) electrons. The van der Waals surface area contributed by atoms with Crippen molar-refractivity contribution in [1.82, 2.24) is 0 Å². The van der Waals surface area contributed by atoms with Crippen LogP contribution in [-0.2, 0) is 9.53 Å². The maximum Gasteiger partial charge on any atom is 0.463 e. The number of nitro benzene ring substituents is 1. The molecule has 0 aromatic heterocycles. The van der Waals surface area contributed by atoms with Gasteiger partial charge in [0.2, 0.25) is 0 Å². The topological polar surface area (TPSA) is 85.8 Å². The highest BCUT2D eigenvalue weighted by molar-refractivity contribution is 5.87. The van der Waals surface area contributed by atoms with Crippen LogP contribution in [0.3, 0.4) is 0 Å². The van der Waals surface area contributed by atoms with E-state index in [1.165, 1.54) is 24.3 Å². The first-order chi connectivity index (χ1) is 8.13. The fourth-order valence-electron chi connectivity index (χ4n) is 0.959. The molecule has 0 heterocycles. The summed E-state index contributed by atoms with van der Waals surface area (Å²) in [6, 6.07) is 7.67. The molecule has 0 bridgehead atoms. The summed E-state index contributed by atoms with van der Waals surface area (Å²) in [4.78, 5) is 24.2. The van der Waals surface area contributed by atoms with E-state index in [1.807, 2.05) is 0 Å². The number of ether oxygens (including phenoxy) is 1. The summed E-state index contributed by atoms with van der Waals surface area (Å²) in [6.45, 7) is 1.92. The summed E-state index contributed by atoms with van der Waals surface area (Å²) < 4.78 is 4.56. The van der Waals surface area contributed by atoms with Gasteiger partial charge in [0.1, 0.15) is 5.69 Å². The Morgan fingerprint density at radius 1 is 1.53 bits per heavy atom. The number of esters is 1. The molecule has 1 rings (SSSR count). The number of hydrogen-bond donors (Lipinski definition) is 1. The van der Waals surface area contributed by atoms with Crippen molar-refractivity contribution in [2.75, 3.05) is 12.0 Å². The highest BCUT2D eigenvalue weighted by Crippen LogP contribution is 2.15. The zero-order valence-corrected chi connectivity index (χ0v) is 9.04. The average Bonchev–Trinajstić information content (AvgIpc) is 2.30. The van der Waals surface area contributed by atoms with Crippen molar-refractivity contribution in [1.29, 1.82) is 0 Å². The Kier molecular flexibility index (Phi) is 4.45. The molecule has 1 N–H and O–H groups in total. The first-order valence-electron chi connectivity index (χ1n) is 4.76. The van der Waals surface area contributed by atoms with Gasteiger partial charge in [-0.2, -0.15) is 0 Å². The average molecular weight is 236 g/mol. The van der Waals surface area contributed by atoms with E-state index in [1.54, 1.807) is 6.92 Å². The first kappa shape index (κ1) is 12.4. The van der Waals surface area contributed by atoms with Crippen molar-refractivity contribution in [3.05, 3.63) is 39.3 Å². The van der Waals surface area contributed by atoms with Crippen molar-refractivity contribution in [3.63, 3.8) is 0 Å². The highest BCUT2D eigenvalue weighted by Gasteiger charge is 2.07. The lowest BCUT2D eigenvalue weighted by Gasteiger charge is -1.90. The monoisotopic (exact) mass is 236 g/mol. The summed E-state index contributed by atoms with van der Waals surface area (Å²) in [5.74, 6) is -0.679. The molecule has 7 nitrogen and oxygen atoms in total. The number of hydrogen-bond acceptors (Lipinski definition) is 5. The van der Waals surface area contributed by atoms with Crippen molar-refractivity contribution >= 4 is 17.3 Å². The van der Waals surface area contributed by atoms with Gasteiger partial charge in [0.25, 0.3) is 5.69 Å². The van der Waals surface area contributed by atoms with Gasteiger partial charge in [-0.25, -0.2) is 4.79 Å². The highest BCUT2D eigenvalue weighted by atomic mass is 16.6. The molecule has 0 unspecified atom stereocenters. The lowest BCUT2D eigenvalue weighted by Crippen LogP contribution is -1.99. The van der Waals surface area contributed by atoms with Crippen LogP contribution in [0.25, 0.3) is 4.95 Å². The molecule has 0 aliphatic heterocycles. The van der Waals surface area contributed by atoms with E-state index in [0.29, 0.717) is 5.69 Å². The summed E-state index contributed by atoms with van der Waals surface area (Å²) in [7, 11) is 0. The third-order valence-electron chi connectivity index (χ3n) is 1.69. The molecule has 0 saturated carbocycles. The van der Waals surface area contributed by atoms with Crippen molar-refractivity contribution < 1.29 is 14.5 Å². The van der Waals surface area contributed by atoms with Gasteiger partial charge in [0.15, 0.2) is 0 Å². The van der Waals surface area contributed by atoms with Gasteiger partial charge in [-0.3, -0.25) is 10.1 Å². The van der Waals surface area contributed by atoms with E-state index in [9.17, 15) is 14.9 Å². The quantitative estimate of drug-likeness (QED) is 0.374. The van der Waals surface area contributed by atoms with E-state index in [2.05, 4.69) is 21.2 Å². The molecular formula is C10H10N3O4+. The van der Waals surface area contributed by atoms with Crippen LogP contribution in [0, 0.1) is 16.2 Å². The van der Waals surface area contributed by atoms with Crippen molar-refractivity contribution in [2.45, 2.75) is 6.92 Å². The molecule has 0 aliphatic carbocycles. The van der Waals surface area contributed by atoms with Gasteiger partial charge in [0, 0.05) is 12.1 Å². The maximum atomic E-state index is 10.8. The molecule has 0 fully saturated rings. The zero-order chi connectivity index (χ0) is 12.7. The van der Waals surface area contributed by atoms with E-state index < -0.39 is 10.9 Å². The Morgan fingerprint density at radius 2 is 2.18 bits per heavy atom. The van der Waals surface area contributed by atoms with Gasteiger partial charge >= 0.3 is 12.0 Å². The summed E-state index contributed by atoms with van der Waals surface area (Å²) in [6.07, 6.45) is 0. The van der Waals surface area contributed by atoms with Gasteiger partial charge < -0.3 is 4.74 Å². The van der Waals surface area contributed by atoms with Crippen LogP contribution in [0.1, 0.15) is 6.92 Å². The number of carbonyl (C=O) groups is 1. The molecular weight excluding hydrogens is 226 g/mol. The van der Waals surface area contributed by atoms with Gasteiger partial charge in [-0.1, -0.05) is 0 Å². The standard InChI is InChI=1S/C10H9N3O4/c1-2-17-10(14)7-11-12-8-3-5-9(6-4-8)13(15)16/h3-6H,2H2,1H3/p+1. The number of nitro groups is 1. The third-order valence-corrected chi connectivity index (χ3v) is 1.69. The largest absolute Gasteiger partial charge is 0.463 e. The fraction of sp³-hybridized carbons (Fsp3) is 0.200. The van der Waals surface area contributed by atoms with E-state index in [0.717, 1.165) is 0 Å². The molecule has 1 aromatic carbocycles. The smallest absolute Gasteiger partial charge is 0.452 e. The minimum Gasteiger partial charge on any atom is -0.452 e. The number of rotatable bonds is 3. The second-order valence-electron chi connectivity index (χ2n) is 2.86. The fourth-order valence-corrected chi connectivity index (χ4v) is 0.959. The molecule has 0 saturated heterocycles. The Labute approximate surface area is 96.9 Å². The SMILES string of the molecule is CCOC(=O)C#[N+]Nc1ccc([N+](=O)[O-])cc1. The van der Waals surface area contributed by atoms with Crippen molar-refractivity contribution in [3.8, 4) is 6.07 Å². The Morgan fingerprint density at radius 3 is 2.71 bits per heavy atom. The molecule has 0 spiro atoms. The maximum absolute atomic E-state index is 10.8. The van der Waals surface area contributed by atoms with E-state index in [4.69, 9.17) is 0 Å². The van der Waals surface area contributed by atoms with Gasteiger partial charge in [0.05, 0.1) is 16.5 Å². The van der Waals surface area contributed by atoms with E-state index in [-0.39, 0.29) is 12.3 Å². The molecule has 88 valence electrons. The summed E-state index contributed by atoms with van der Waals surface area (Å²) in [5.41, 5.74) is 2.98. The Hall–Kier alpha value is -2.62. The number of carbonyl (C=O) groups excluding carboxylic acids is 1. The Bertz CT molecular complexity index is 473. The lowest BCUT2D eigenvalue weighted by molar-refractivity contribution is -0.384. The minimum atomic E-state index is -0.679. The molecule has 7 heteroatoms. The lowest BCUT2D eigenvalue weighted by atomic mass is 10.3. The van der Waals surface area contributed by atoms with Gasteiger partial charge in [-0.15, -0.1) is 0 Å². The van der Waals surface area contributed by atoms with Crippen LogP contribution < -0.4 is 5.43 Å². The summed E-state index contributed by atoms with van der Waals surface area (Å²) >= 11 is 0. The number of anilines is 1. The van der Waals surface area contributed by atoms with Crippen LogP contribution in [0.15, 0.2) is 24.3 Å². The first-order valence-corrected chi connectivity index (χ1v) is 4.76. The Balaban J connectivity index is 2.58. The molecule has 0 atom stereocenters. The number of benzene rings is 1. The molecule has 1 aromatic rings. The summed E-state index contributed by atoms with van der Waals surface area (Å²) in [5, 5.41) is 10.4. The predicted molar refractivity (Wildman–Crippen MR) is 60.6 cm³/mol. The van der Waals surface area contributed by atoms with Crippen LogP contribution in [0.5, 0.6) is 0 Å². The predicted octanol–water partition coefficient (Wildman–Crippen LogP) is 1.82. The van der Waals surface area contributed by atoms with Gasteiger partial charge in [-0.05, 0) is 24.5 Å². The second kappa shape index (κ2) is 6.07. The van der Waals surface area contributed by atoms with Crippen LogP contribution in [-0.4, -0.2) is 17.5 Å². The normalized spacial score (nSPS) is 8.76. The second-order valence-corrected chi connectivity index (χ2v) is 2.86. The minimum absolute atomic E-state index is 0.0195. The molecule has 0 aliphatic rings. The number of non-ortho nitro benzene ring substituents is 1. The van der Waals surface area contributed by atoms with Crippen LogP contribution in [0.4, 0.5) is 11.4 Å². The molecule has 17 heavy (non-hydrogen) atoms. The van der Waals surface area contributed by atoms with E-state index >= 15 is 0 Å². The van der Waals surface area contributed by atoms with Crippen LogP contribution >= 0.6 is 0 Å².